The van der Waals surface area contributed by atoms with Crippen LogP contribution in [0.15, 0.2) is 59.2 Å². The van der Waals surface area contributed by atoms with Crippen molar-refractivity contribution >= 4 is 28.6 Å². The molecule has 0 saturated heterocycles. The highest BCUT2D eigenvalue weighted by atomic mass is 16.5. The van der Waals surface area contributed by atoms with E-state index in [2.05, 4.69) is 5.32 Å². The number of carbonyl (C=O) groups excluding carboxylic acids is 3. The van der Waals surface area contributed by atoms with E-state index in [1.807, 2.05) is 55.5 Å². The lowest BCUT2D eigenvalue weighted by atomic mass is 10.0. The summed E-state index contributed by atoms with van der Waals surface area (Å²) in [5, 5.41) is 3.47. The number of hydrogen-bond donors (Lipinski definition) is 1. The van der Waals surface area contributed by atoms with Crippen LogP contribution in [0.25, 0.3) is 11.0 Å². The van der Waals surface area contributed by atoms with Gasteiger partial charge in [-0.2, -0.15) is 0 Å². The van der Waals surface area contributed by atoms with Crippen LogP contribution in [-0.4, -0.2) is 30.3 Å². The zero-order valence-corrected chi connectivity index (χ0v) is 16.4. The van der Waals surface area contributed by atoms with Gasteiger partial charge in [0.15, 0.2) is 12.4 Å². The molecule has 0 unspecified atom stereocenters. The molecular weight excluding hydrogens is 370 g/mol. The summed E-state index contributed by atoms with van der Waals surface area (Å²) in [6.45, 7) is 2.94. The van der Waals surface area contributed by atoms with Crippen LogP contribution in [0.2, 0.25) is 0 Å². The third-order valence-electron chi connectivity index (χ3n) is 4.62. The van der Waals surface area contributed by atoms with Crippen LogP contribution < -0.4 is 5.32 Å². The van der Waals surface area contributed by atoms with Crippen LogP contribution in [0.1, 0.15) is 23.6 Å². The maximum absolute atomic E-state index is 12.1. The Kier molecular flexibility index (Phi) is 6.44. The monoisotopic (exact) mass is 393 g/mol. The SMILES string of the molecule is CC(=O)[C@H](Cc1ccccc1)NC(=O)COC(=O)Cc1coc2cc(C)ccc12. The second-order valence-electron chi connectivity index (χ2n) is 7.02. The molecule has 0 radical (unpaired) electrons. The summed E-state index contributed by atoms with van der Waals surface area (Å²) in [4.78, 5) is 36.1. The lowest BCUT2D eigenvalue weighted by Gasteiger charge is -2.16. The number of fused-ring (bicyclic) bond motifs is 1. The van der Waals surface area contributed by atoms with E-state index in [0.29, 0.717) is 17.6 Å². The number of amides is 1. The number of nitrogens with one attached hydrogen (secondary N) is 1. The highest BCUT2D eigenvalue weighted by molar-refractivity contribution is 5.90. The van der Waals surface area contributed by atoms with Gasteiger partial charge in [-0.1, -0.05) is 42.5 Å². The van der Waals surface area contributed by atoms with Gasteiger partial charge in [-0.15, -0.1) is 0 Å². The number of aryl methyl sites for hydroxylation is 1. The summed E-state index contributed by atoms with van der Waals surface area (Å²) < 4.78 is 10.5. The van der Waals surface area contributed by atoms with Crippen molar-refractivity contribution in [3.8, 4) is 0 Å². The van der Waals surface area contributed by atoms with Crippen LogP contribution in [-0.2, 0) is 32.0 Å². The average Bonchev–Trinajstić information content (AvgIpc) is 3.08. The van der Waals surface area contributed by atoms with E-state index in [9.17, 15) is 14.4 Å². The molecule has 1 N–H and O–H groups in total. The number of ether oxygens (including phenoxy) is 1. The largest absolute Gasteiger partial charge is 0.464 e. The molecule has 1 amide bonds. The molecule has 1 aromatic heterocycles. The fourth-order valence-corrected chi connectivity index (χ4v) is 3.06. The van der Waals surface area contributed by atoms with Gasteiger partial charge in [0.2, 0.25) is 0 Å². The lowest BCUT2D eigenvalue weighted by molar-refractivity contribution is -0.148. The van der Waals surface area contributed by atoms with E-state index in [0.717, 1.165) is 16.5 Å². The molecule has 3 aromatic rings. The Morgan fingerprint density at radius 1 is 1.10 bits per heavy atom. The van der Waals surface area contributed by atoms with Crippen molar-refractivity contribution in [1.82, 2.24) is 5.32 Å². The van der Waals surface area contributed by atoms with Crippen molar-refractivity contribution in [2.24, 2.45) is 0 Å². The number of furan rings is 1. The van der Waals surface area contributed by atoms with Crippen LogP contribution in [0.5, 0.6) is 0 Å². The Morgan fingerprint density at radius 3 is 2.59 bits per heavy atom. The van der Waals surface area contributed by atoms with E-state index in [4.69, 9.17) is 9.15 Å². The molecule has 29 heavy (non-hydrogen) atoms. The summed E-state index contributed by atoms with van der Waals surface area (Å²) in [6.07, 6.45) is 1.91. The number of Topliss-reactive ketones (excluding diaryl/α,β-unsaturated/α-hetero) is 1. The van der Waals surface area contributed by atoms with Crippen molar-refractivity contribution in [3.63, 3.8) is 0 Å². The van der Waals surface area contributed by atoms with Gasteiger partial charge in [-0.05, 0) is 37.5 Å². The number of benzene rings is 2. The van der Waals surface area contributed by atoms with Gasteiger partial charge in [-0.3, -0.25) is 14.4 Å². The van der Waals surface area contributed by atoms with Crippen molar-refractivity contribution in [1.29, 1.82) is 0 Å². The van der Waals surface area contributed by atoms with E-state index in [1.54, 1.807) is 0 Å². The minimum atomic E-state index is -0.662. The second kappa shape index (κ2) is 9.19. The molecule has 0 aliphatic heterocycles. The Balaban J connectivity index is 1.52. The number of hydrogen-bond acceptors (Lipinski definition) is 5. The molecule has 0 aliphatic rings. The number of ketones is 1. The van der Waals surface area contributed by atoms with E-state index in [1.165, 1.54) is 13.2 Å². The van der Waals surface area contributed by atoms with Gasteiger partial charge < -0.3 is 14.5 Å². The summed E-state index contributed by atoms with van der Waals surface area (Å²) in [5.74, 6) is -1.21. The minimum Gasteiger partial charge on any atom is -0.464 e. The third kappa shape index (κ3) is 5.54. The first-order valence-electron chi connectivity index (χ1n) is 9.38. The first-order chi connectivity index (χ1) is 13.9. The predicted molar refractivity (Wildman–Crippen MR) is 108 cm³/mol. The van der Waals surface area contributed by atoms with Crippen LogP contribution in [0.4, 0.5) is 0 Å². The topological polar surface area (TPSA) is 85.6 Å². The van der Waals surface area contributed by atoms with Crippen molar-refractivity contribution in [2.45, 2.75) is 32.7 Å². The fraction of sp³-hybridized carbons (Fsp3) is 0.261. The van der Waals surface area contributed by atoms with Gasteiger partial charge in [0.25, 0.3) is 5.91 Å². The Hall–Kier alpha value is -3.41. The van der Waals surface area contributed by atoms with Gasteiger partial charge in [0, 0.05) is 10.9 Å². The zero-order valence-electron chi connectivity index (χ0n) is 16.4. The first kappa shape index (κ1) is 20.3. The van der Waals surface area contributed by atoms with E-state index < -0.39 is 24.5 Å². The first-order valence-corrected chi connectivity index (χ1v) is 9.38. The molecular formula is C23H23NO5. The smallest absolute Gasteiger partial charge is 0.310 e. The number of rotatable bonds is 8. The summed E-state index contributed by atoms with van der Waals surface area (Å²) in [7, 11) is 0. The lowest BCUT2D eigenvalue weighted by Crippen LogP contribution is -2.43. The van der Waals surface area contributed by atoms with Gasteiger partial charge in [0.05, 0.1) is 18.7 Å². The van der Waals surface area contributed by atoms with Crippen molar-refractivity contribution in [3.05, 3.63) is 71.5 Å². The summed E-state index contributed by atoms with van der Waals surface area (Å²) >= 11 is 0. The molecule has 2 aromatic carbocycles. The predicted octanol–water partition coefficient (Wildman–Crippen LogP) is 3.14. The minimum absolute atomic E-state index is 0.00347. The van der Waals surface area contributed by atoms with E-state index in [-0.39, 0.29) is 12.2 Å². The molecule has 3 rings (SSSR count). The molecule has 6 heteroatoms. The van der Waals surface area contributed by atoms with Crippen molar-refractivity contribution in [2.75, 3.05) is 6.61 Å². The summed E-state index contributed by atoms with van der Waals surface area (Å²) in [5.41, 5.74) is 3.41. The molecule has 0 aliphatic carbocycles. The second-order valence-corrected chi connectivity index (χ2v) is 7.02. The quantitative estimate of drug-likeness (QED) is 0.594. The number of carbonyl (C=O) groups is 3. The molecule has 0 fully saturated rings. The van der Waals surface area contributed by atoms with E-state index >= 15 is 0 Å². The average molecular weight is 393 g/mol. The molecule has 6 nitrogen and oxygen atoms in total. The molecule has 0 saturated carbocycles. The summed E-state index contributed by atoms with van der Waals surface area (Å²) in [6, 6.07) is 14.5. The van der Waals surface area contributed by atoms with Gasteiger partial charge >= 0.3 is 5.97 Å². The molecule has 1 atom stereocenters. The highest BCUT2D eigenvalue weighted by Crippen LogP contribution is 2.22. The Morgan fingerprint density at radius 2 is 1.86 bits per heavy atom. The maximum atomic E-state index is 12.1. The normalized spacial score (nSPS) is 11.8. The Labute approximate surface area is 168 Å². The molecule has 1 heterocycles. The third-order valence-corrected chi connectivity index (χ3v) is 4.62. The molecule has 0 bridgehead atoms. The van der Waals surface area contributed by atoms with Crippen LogP contribution >= 0.6 is 0 Å². The van der Waals surface area contributed by atoms with Crippen molar-refractivity contribution < 1.29 is 23.5 Å². The molecule has 0 spiro atoms. The van der Waals surface area contributed by atoms with Crippen LogP contribution in [0, 0.1) is 6.92 Å². The Bertz CT molecular complexity index is 1020. The fourth-order valence-electron chi connectivity index (χ4n) is 3.06. The maximum Gasteiger partial charge on any atom is 0.310 e. The number of esters is 1. The van der Waals surface area contributed by atoms with Crippen LogP contribution in [0.3, 0.4) is 0 Å². The standard InChI is InChI=1S/C23H23NO5/c1-15-8-9-19-18(13-28-21(19)10-15)12-23(27)29-14-22(26)24-20(16(2)25)11-17-6-4-3-5-7-17/h3-10,13,20H,11-12,14H2,1-2H3,(H,24,26)/t20-/m0/s1. The zero-order chi connectivity index (χ0) is 20.8. The van der Waals surface area contributed by atoms with Gasteiger partial charge in [-0.25, -0.2) is 0 Å². The highest BCUT2D eigenvalue weighted by Gasteiger charge is 2.19. The van der Waals surface area contributed by atoms with Gasteiger partial charge in [0.1, 0.15) is 5.58 Å². The molecule has 150 valence electrons.